The maximum Gasteiger partial charge on any atom is 0.291 e. The first-order valence-electron chi connectivity index (χ1n) is 8.60. The second-order valence-electron chi connectivity index (χ2n) is 6.80. The number of rotatable bonds is 3. The molecule has 0 bridgehead atoms. The molecule has 0 fully saturated rings. The molecular weight excluding hydrogens is 338 g/mol. The van der Waals surface area contributed by atoms with Crippen LogP contribution in [0.3, 0.4) is 0 Å². The molecule has 1 amide bonds. The summed E-state index contributed by atoms with van der Waals surface area (Å²) in [5, 5.41) is 17.4. The number of hydrogen-bond acceptors (Lipinski definition) is 6. The Labute approximate surface area is 149 Å². The topological polar surface area (TPSA) is 92.4 Å². The number of thiophene rings is 1. The Morgan fingerprint density at radius 2 is 2.28 bits per heavy atom. The van der Waals surface area contributed by atoms with Crippen LogP contribution in [0.25, 0.3) is 15.9 Å². The molecule has 25 heavy (non-hydrogen) atoms. The molecule has 0 unspecified atom stereocenters. The molecule has 0 radical (unpaired) electrons. The minimum Gasteiger partial charge on any atom is -0.392 e. The van der Waals surface area contributed by atoms with E-state index in [0.29, 0.717) is 11.6 Å². The summed E-state index contributed by atoms with van der Waals surface area (Å²) in [6.07, 6.45) is 2.84. The van der Waals surface area contributed by atoms with E-state index in [-0.39, 0.29) is 18.3 Å². The summed E-state index contributed by atoms with van der Waals surface area (Å²) in [4.78, 5) is 23.9. The molecule has 0 saturated carbocycles. The molecular formula is C17H21N5O2S. The summed E-state index contributed by atoms with van der Waals surface area (Å²) in [6, 6.07) is 0. The van der Waals surface area contributed by atoms with Crippen molar-refractivity contribution in [1.29, 1.82) is 0 Å². The summed E-state index contributed by atoms with van der Waals surface area (Å²) >= 11 is 1.74. The van der Waals surface area contributed by atoms with E-state index in [4.69, 9.17) is 4.98 Å². The maximum atomic E-state index is 12.3. The number of aliphatic hydroxyl groups is 1. The zero-order chi connectivity index (χ0) is 17.7. The number of aliphatic hydroxyl groups excluding tert-OH is 1. The normalized spacial score (nSPS) is 18.5. The number of carbonyl (C=O) groups excluding carboxylic acids is 1. The van der Waals surface area contributed by atoms with Crippen molar-refractivity contribution in [3.63, 3.8) is 0 Å². The lowest BCUT2D eigenvalue weighted by molar-refractivity contribution is 0.0914. The van der Waals surface area contributed by atoms with Crippen molar-refractivity contribution in [1.82, 2.24) is 24.9 Å². The highest BCUT2D eigenvalue weighted by atomic mass is 32.1. The number of aromatic nitrogens is 4. The standard InChI is InChI=1S/C17H21N5O2S/c1-8-5-4-6-11-12(8)13-15-20-14(16(24)18-7-9(2)23)21-22(15)10(3)19-17(13)25-11/h8-9,23H,4-7H2,1-3H3,(H,18,24)/t8-,9-/m1/s1. The van der Waals surface area contributed by atoms with Gasteiger partial charge in [-0.25, -0.2) is 9.97 Å². The molecule has 2 N–H and O–H groups in total. The third-order valence-electron chi connectivity index (χ3n) is 4.70. The Morgan fingerprint density at radius 3 is 3.04 bits per heavy atom. The summed E-state index contributed by atoms with van der Waals surface area (Å²) in [5.74, 6) is 0.918. The third-order valence-corrected chi connectivity index (χ3v) is 5.86. The highest BCUT2D eigenvalue weighted by Gasteiger charge is 2.26. The highest BCUT2D eigenvalue weighted by Crippen LogP contribution is 2.42. The fraction of sp³-hybridized carbons (Fsp3) is 0.529. The van der Waals surface area contributed by atoms with Gasteiger partial charge in [-0.2, -0.15) is 4.52 Å². The van der Waals surface area contributed by atoms with Gasteiger partial charge >= 0.3 is 0 Å². The van der Waals surface area contributed by atoms with Crippen molar-refractivity contribution in [2.45, 2.75) is 52.1 Å². The largest absolute Gasteiger partial charge is 0.392 e. The molecule has 0 aliphatic heterocycles. The molecule has 132 valence electrons. The predicted octanol–water partition coefficient (Wildman–Crippen LogP) is 2.20. The molecule has 2 atom stereocenters. The number of nitrogens with one attached hydrogen (secondary N) is 1. The number of fused-ring (bicyclic) bond motifs is 5. The van der Waals surface area contributed by atoms with Crippen LogP contribution in [0.15, 0.2) is 0 Å². The summed E-state index contributed by atoms with van der Waals surface area (Å²) in [6.45, 7) is 5.91. The van der Waals surface area contributed by atoms with E-state index in [1.54, 1.807) is 22.8 Å². The third kappa shape index (κ3) is 2.69. The average molecular weight is 359 g/mol. The van der Waals surface area contributed by atoms with E-state index >= 15 is 0 Å². The number of aryl methyl sites for hydroxylation is 2. The van der Waals surface area contributed by atoms with Gasteiger partial charge in [0.05, 0.1) is 11.5 Å². The fourth-order valence-electron chi connectivity index (χ4n) is 3.50. The van der Waals surface area contributed by atoms with Gasteiger partial charge in [0.25, 0.3) is 5.91 Å². The quantitative estimate of drug-likeness (QED) is 0.748. The number of amides is 1. The second kappa shape index (κ2) is 6.03. The molecule has 8 heteroatoms. The average Bonchev–Trinajstić information content (AvgIpc) is 3.14. The monoisotopic (exact) mass is 359 g/mol. The van der Waals surface area contributed by atoms with E-state index in [1.807, 2.05) is 6.92 Å². The lowest BCUT2D eigenvalue weighted by Gasteiger charge is -2.18. The molecule has 1 aliphatic carbocycles. The lowest BCUT2D eigenvalue weighted by atomic mass is 9.87. The summed E-state index contributed by atoms with van der Waals surface area (Å²) in [7, 11) is 0. The number of nitrogens with zero attached hydrogens (tertiary/aromatic N) is 4. The molecule has 4 rings (SSSR count). The Kier molecular flexibility index (Phi) is 3.96. The smallest absolute Gasteiger partial charge is 0.291 e. The van der Waals surface area contributed by atoms with Gasteiger partial charge in [0, 0.05) is 11.4 Å². The Balaban J connectivity index is 1.88. The first-order chi connectivity index (χ1) is 12.0. The Morgan fingerprint density at radius 1 is 1.48 bits per heavy atom. The predicted molar refractivity (Wildman–Crippen MR) is 96.3 cm³/mol. The van der Waals surface area contributed by atoms with Crippen LogP contribution in [0.1, 0.15) is 59.5 Å². The fourth-order valence-corrected chi connectivity index (χ4v) is 4.88. The van der Waals surface area contributed by atoms with Gasteiger partial charge in [0.2, 0.25) is 5.82 Å². The van der Waals surface area contributed by atoms with Crippen molar-refractivity contribution < 1.29 is 9.90 Å². The van der Waals surface area contributed by atoms with Gasteiger partial charge in [-0.05, 0) is 44.6 Å². The van der Waals surface area contributed by atoms with Crippen molar-refractivity contribution in [3.05, 3.63) is 22.1 Å². The van der Waals surface area contributed by atoms with Crippen LogP contribution in [-0.2, 0) is 6.42 Å². The van der Waals surface area contributed by atoms with Gasteiger partial charge < -0.3 is 10.4 Å². The summed E-state index contributed by atoms with van der Waals surface area (Å²) in [5.41, 5.74) is 2.03. The van der Waals surface area contributed by atoms with Crippen LogP contribution in [0, 0.1) is 6.92 Å². The van der Waals surface area contributed by atoms with Crippen molar-refractivity contribution in [2.24, 2.45) is 0 Å². The minimum absolute atomic E-state index is 0.112. The zero-order valence-electron chi connectivity index (χ0n) is 14.5. The van der Waals surface area contributed by atoms with Crippen LogP contribution in [0.5, 0.6) is 0 Å². The Hall–Kier alpha value is -2.06. The first-order valence-corrected chi connectivity index (χ1v) is 9.42. The molecule has 0 spiro atoms. The van der Waals surface area contributed by atoms with E-state index in [0.717, 1.165) is 28.9 Å². The molecule has 3 aromatic rings. The molecule has 7 nitrogen and oxygen atoms in total. The van der Waals surface area contributed by atoms with Crippen LogP contribution in [0.4, 0.5) is 0 Å². The second-order valence-corrected chi connectivity index (χ2v) is 7.88. The molecule has 0 aromatic carbocycles. The number of hydrogen-bond donors (Lipinski definition) is 2. The molecule has 1 aliphatic rings. The SMILES string of the molecule is Cc1nc2sc3c(c2c2nc(C(=O)NC[C@@H](C)O)nn12)[C@H](C)CCC3. The lowest BCUT2D eigenvalue weighted by Crippen LogP contribution is -2.31. The van der Waals surface area contributed by atoms with Crippen LogP contribution < -0.4 is 5.32 Å². The van der Waals surface area contributed by atoms with Gasteiger partial charge in [0.1, 0.15) is 10.7 Å². The van der Waals surface area contributed by atoms with Gasteiger partial charge in [-0.15, -0.1) is 16.4 Å². The van der Waals surface area contributed by atoms with Crippen molar-refractivity contribution >= 4 is 33.1 Å². The van der Waals surface area contributed by atoms with Gasteiger partial charge in [0.15, 0.2) is 5.65 Å². The molecule has 3 heterocycles. The highest BCUT2D eigenvalue weighted by molar-refractivity contribution is 7.19. The van der Waals surface area contributed by atoms with Gasteiger partial charge in [-0.3, -0.25) is 4.79 Å². The Bertz CT molecular complexity index is 975. The molecule has 0 saturated heterocycles. The van der Waals surface area contributed by atoms with Crippen LogP contribution >= 0.6 is 11.3 Å². The van der Waals surface area contributed by atoms with Gasteiger partial charge in [-0.1, -0.05) is 6.92 Å². The summed E-state index contributed by atoms with van der Waals surface area (Å²) < 4.78 is 1.66. The van der Waals surface area contributed by atoms with Crippen molar-refractivity contribution in [2.75, 3.05) is 6.54 Å². The van der Waals surface area contributed by atoms with E-state index in [2.05, 4.69) is 22.3 Å². The van der Waals surface area contributed by atoms with Crippen LogP contribution in [-0.4, -0.2) is 43.2 Å². The zero-order valence-corrected chi connectivity index (χ0v) is 15.4. The van der Waals surface area contributed by atoms with E-state index < -0.39 is 6.10 Å². The van der Waals surface area contributed by atoms with Crippen molar-refractivity contribution in [3.8, 4) is 0 Å². The molecule has 3 aromatic heterocycles. The first kappa shape index (κ1) is 16.4. The van der Waals surface area contributed by atoms with E-state index in [1.165, 1.54) is 16.9 Å². The maximum absolute atomic E-state index is 12.3. The number of carbonyl (C=O) groups is 1. The van der Waals surface area contributed by atoms with Crippen LogP contribution in [0.2, 0.25) is 0 Å². The van der Waals surface area contributed by atoms with E-state index in [9.17, 15) is 9.90 Å². The minimum atomic E-state index is -0.610.